The summed E-state index contributed by atoms with van der Waals surface area (Å²) in [6.07, 6.45) is 3.86. The third-order valence-electron chi connectivity index (χ3n) is 6.06. The van der Waals surface area contributed by atoms with E-state index in [1.165, 1.54) is 18.4 Å². The number of piperidine rings is 1. The average Bonchev–Trinajstić information content (AvgIpc) is 3.07. The van der Waals surface area contributed by atoms with Gasteiger partial charge in [-0.2, -0.15) is 0 Å². The second-order valence-corrected chi connectivity index (χ2v) is 8.63. The summed E-state index contributed by atoms with van der Waals surface area (Å²) in [6, 6.07) is 15.9. The number of carbonyl (C=O) groups excluding carboxylic acids is 1. The predicted octanol–water partition coefficient (Wildman–Crippen LogP) is 4.54. The quantitative estimate of drug-likeness (QED) is 0.606. The van der Waals surface area contributed by atoms with Gasteiger partial charge < -0.3 is 9.88 Å². The molecule has 4 rings (SSSR count). The van der Waals surface area contributed by atoms with Crippen LogP contribution in [0.25, 0.3) is 11.0 Å². The molecule has 0 bridgehead atoms. The summed E-state index contributed by atoms with van der Waals surface area (Å²) in [5.41, 5.74) is 3.19. The Morgan fingerprint density at radius 1 is 1.20 bits per heavy atom. The first kappa shape index (κ1) is 20.9. The SMILES string of the molecule is Cn1c(CN2CCC[C@@H](CCC(=O)NCc3ccccc3Cl)C2)nc2ccccc21. The fourth-order valence-corrected chi connectivity index (χ4v) is 4.53. The van der Waals surface area contributed by atoms with Crippen LogP contribution in [0.15, 0.2) is 48.5 Å². The topological polar surface area (TPSA) is 50.2 Å². The van der Waals surface area contributed by atoms with Gasteiger partial charge in [-0.25, -0.2) is 4.98 Å². The second-order valence-electron chi connectivity index (χ2n) is 8.23. The van der Waals surface area contributed by atoms with E-state index in [1.807, 2.05) is 30.3 Å². The maximum absolute atomic E-state index is 12.3. The van der Waals surface area contributed by atoms with E-state index in [-0.39, 0.29) is 5.91 Å². The molecule has 1 saturated heterocycles. The predicted molar refractivity (Wildman–Crippen MR) is 121 cm³/mol. The van der Waals surface area contributed by atoms with E-state index in [0.29, 0.717) is 23.9 Å². The fraction of sp³-hybridized carbons (Fsp3) is 0.417. The van der Waals surface area contributed by atoms with E-state index >= 15 is 0 Å². The first-order valence-electron chi connectivity index (χ1n) is 10.7. The third kappa shape index (κ3) is 5.02. The van der Waals surface area contributed by atoms with Crippen molar-refractivity contribution in [3.63, 3.8) is 0 Å². The maximum Gasteiger partial charge on any atom is 0.220 e. The summed E-state index contributed by atoms with van der Waals surface area (Å²) >= 11 is 6.16. The second kappa shape index (κ2) is 9.63. The number of hydrogen-bond acceptors (Lipinski definition) is 3. The molecule has 0 aliphatic carbocycles. The molecule has 1 aromatic heterocycles. The first-order chi connectivity index (χ1) is 14.6. The van der Waals surface area contributed by atoms with E-state index < -0.39 is 0 Å². The van der Waals surface area contributed by atoms with Crippen molar-refractivity contribution in [1.82, 2.24) is 19.8 Å². The molecule has 0 radical (unpaired) electrons. The van der Waals surface area contributed by atoms with E-state index in [2.05, 4.69) is 40.0 Å². The standard InChI is InChI=1S/C24H29ClN4O/c1-28-22-11-5-4-10-21(22)27-23(28)17-29-14-6-7-18(16-29)12-13-24(30)26-15-19-8-2-3-9-20(19)25/h2-5,8-11,18H,6-7,12-17H2,1H3,(H,26,30)/t18-/m0/s1. The van der Waals surface area contributed by atoms with Gasteiger partial charge in [0, 0.05) is 31.6 Å². The number of nitrogens with one attached hydrogen (secondary N) is 1. The zero-order valence-corrected chi connectivity index (χ0v) is 18.2. The van der Waals surface area contributed by atoms with Crippen molar-refractivity contribution >= 4 is 28.5 Å². The van der Waals surface area contributed by atoms with Crippen molar-refractivity contribution in [2.24, 2.45) is 13.0 Å². The van der Waals surface area contributed by atoms with Crippen molar-refractivity contribution < 1.29 is 4.79 Å². The minimum absolute atomic E-state index is 0.0994. The van der Waals surface area contributed by atoms with Crippen LogP contribution in [0.4, 0.5) is 0 Å². The highest BCUT2D eigenvalue weighted by Crippen LogP contribution is 2.23. The number of rotatable bonds is 7. The summed E-state index contributed by atoms with van der Waals surface area (Å²) in [5.74, 6) is 1.76. The van der Waals surface area contributed by atoms with Crippen molar-refractivity contribution in [2.75, 3.05) is 13.1 Å². The Morgan fingerprint density at radius 2 is 2.00 bits per heavy atom. The molecule has 1 aliphatic rings. The Morgan fingerprint density at radius 3 is 2.83 bits per heavy atom. The number of fused-ring (bicyclic) bond motifs is 1. The highest BCUT2D eigenvalue weighted by atomic mass is 35.5. The van der Waals surface area contributed by atoms with Gasteiger partial charge >= 0.3 is 0 Å². The van der Waals surface area contributed by atoms with Crippen molar-refractivity contribution in [1.29, 1.82) is 0 Å². The Bertz CT molecular complexity index is 1020. The summed E-state index contributed by atoms with van der Waals surface area (Å²) in [6.45, 7) is 3.47. The summed E-state index contributed by atoms with van der Waals surface area (Å²) in [4.78, 5) is 19.6. The van der Waals surface area contributed by atoms with Gasteiger partial charge in [0.2, 0.25) is 5.91 Å². The molecule has 0 unspecified atom stereocenters. The molecule has 1 fully saturated rings. The van der Waals surface area contributed by atoms with Crippen molar-refractivity contribution in [3.8, 4) is 0 Å². The van der Waals surface area contributed by atoms with Gasteiger partial charge in [0.15, 0.2) is 0 Å². The van der Waals surface area contributed by atoms with E-state index in [9.17, 15) is 4.79 Å². The number of aromatic nitrogens is 2. The molecule has 0 saturated carbocycles. The summed E-state index contributed by atoms with van der Waals surface area (Å²) < 4.78 is 2.20. The van der Waals surface area contributed by atoms with Crippen LogP contribution in [-0.2, 0) is 24.9 Å². The minimum atomic E-state index is 0.0994. The molecule has 1 N–H and O–H groups in total. The lowest BCUT2D eigenvalue weighted by atomic mass is 9.93. The number of para-hydroxylation sites is 2. The van der Waals surface area contributed by atoms with Crippen LogP contribution >= 0.6 is 11.6 Å². The van der Waals surface area contributed by atoms with Gasteiger partial charge in [0.05, 0.1) is 17.6 Å². The lowest BCUT2D eigenvalue weighted by molar-refractivity contribution is -0.121. The van der Waals surface area contributed by atoms with Gasteiger partial charge in [-0.1, -0.05) is 41.9 Å². The van der Waals surface area contributed by atoms with E-state index in [0.717, 1.165) is 43.0 Å². The van der Waals surface area contributed by atoms with Gasteiger partial charge in [-0.15, -0.1) is 0 Å². The van der Waals surface area contributed by atoms with Crippen molar-refractivity contribution in [3.05, 3.63) is 64.9 Å². The Labute approximate surface area is 183 Å². The monoisotopic (exact) mass is 424 g/mol. The molecule has 0 spiro atoms. The third-order valence-corrected chi connectivity index (χ3v) is 6.43. The Hall–Kier alpha value is -2.37. The molecule has 5 nitrogen and oxygen atoms in total. The van der Waals surface area contributed by atoms with Crippen LogP contribution in [0.3, 0.4) is 0 Å². The van der Waals surface area contributed by atoms with Crippen LogP contribution in [0.2, 0.25) is 5.02 Å². The molecule has 1 amide bonds. The minimum Gasteiger partial charge on any atom is -0.352 e. The number of hydrogen-bond donors (Lipinski definition) is 1. The van der Waals surface area contributed by atoms with Crippen LogP contribution in [0, 0.1) is 5.92 Å². The summed E-state index contributed by atoms with van der Waals surface area (Å²) in [7, 11) is 2.09. The van der Waals surface area contributed by atoms with Crippen LogP contribution in [0.5, 0.6) is 0 Å². The molecule has 6 heteroatoms. The highest BCUT2D eigenvalue weighted by Gasteiger charge is 2.22. The van der Waals surface area contributed by atoms with Crippen LogP contribution in [-0.4, -0.2) is 33.4 Å². The summed E-state index contributed by atoms with van der Waals surface area (Å²) in [5, 5.41) is 3.70. The van der Waals surface area contributed by atoms with Crippen molar-refractivity contribution in [2.45, 2.75) is 38.8 Å². The molecule has 3 aromatic rings. The average molecular weight is 425 g/mol. The number of halogens is 1. The van der Waals surface area contributed by atoms with Crippen LogP contribution < -0.4 is 5.32 Å². The lowest BCUT2D eigenvalue weighted by Gasteiger charge is -2.32. The van der Waals surface area contributed by atoms with Crippen LogP contribution in [0.1, 0.15) is 37.1 Å². The van der Waals surface area contributed by atoms with E-state index in [4.69, 9.17) is 16.6 Å². The Kier molecular flexibility index (Phi) is 6.70. The zero-order chi connectivity index (χ0) is 20.9. The molecule has 1 atom stereocenters. The number of amides is 1. The molecule has 2 heterocycles. The largest absolute Gasteiger partial charge is 0.352 e. The molecule has 2 aromatic carbocycles. The zero-order valence-electron chi connectivity index (χ0n) is 17.5. The molecule has 1 aliphatic heterocycles. The Balaban J connectivity index is 1.26. The fourth-order valence-electron chi connectivity index (χ4n) is 4.33. The molecular weight excluding hydrogens is 396 g/mol. The first-order valence-corrected chi connectivity index (χ1v) is 11.1. The number of imidazole rings is 1. The number of nitrogens with zero attached hydrogens (tertiary/aromatic N) is 3. The van der Waals surface area contributed by atoms with E-state index in [1.54, 1.807) is 0 Å². The smallest absolute Gasteiger partial charge is 0.220 e. The lowest BCUT2D eigenvalue weighted by Crippen LogP contribution is -2.36. The van der Waals surface area contributed by atoms with Gasteiger partial charge in [-0.05, 0) is 55.5 Å². The molecule has 158 valence electrons. The number of likely N-dealkylation sites (tertiary alicyclic amines) is 1. The number of carbonyl (C=O) groups is 1. The maximum atomic E-state index is 12.3. The van der Waals surface area contributed by atoms with Gasteiger partial charge in [0.25, 0.3) is 0 Å². The molecular formula is C24H29ClN4O. The normalized spacial score (nSPS) is 17.3. The highest BCUT2D eigenvalue weighted by molar-refractivity contribution is 6.31. The van der Waals surface area contributed by atoms with Gasteiger partial charge in [0.1, 0.15) is 5.82 Å². The van der Waals surface area contributed by atoms with Gasteiger partial charge in [-0.3, -0.25) is 9.69 Å². The number of benzene rings is 2. The molecule has 30 heavy (non-hydrogen) atoms. The number of aryl methyl sites for hydroxylation is 1.